The van der Waals surface area contributed by atoms with Gasteiger partial charge in [-0.15, -0.1) is 0 Å². The van der Waals surface area contributed by atoms with Gasteiger partial charge in [-0.3, -0.25) is 37.7 Å². The number of aryl methyl sites for hydroxylation is 1. The number of aliphatic hydroxyl groups excluding tert-OH is 2. The normalized spacial score (nSPS) is 27.0. The van der Waals surface area contributed by atoms with Crippen LogP contribution >= 0.6 is 7.75 Å². The Morgan fingerprint density at radius 1 is 1.12 bits per heavy atom. The van der Waals surface area contributed by atoms with E-state index in [-0.39, 0.29) is 35.6 Å². The molecular weight excluding hydrogens is 655 g/mol. The summed E-state index contributed by atoms with van der Waals surface area (Å²) in [6.07, 6.45) is -4.85. The average molecular weight is 691 g/mol. The fourth-order valence-corrected chi connectivity index (χ4v) is 7.18. The lowest BCUT2D eigenvalue weighted by atomic mass is 10.1. The molecule has 258 valence electrons. The first-order valence-electron chi connectivity index (χ1n) is 14.9. The number of nitrogen functional groups attached to an aromatic ring is 1. The number of hydrogen-bond acceptors (Lipinski definition) is 14. The van der Waals surface area contributed by atoms with E-state index in [1.165, 1.54) is 31.1 Å². The minimum absolute atomic E-state index is 0.00494. The van der Waals surface area contributed by atoms with E-state index >= 15 is 0 Å². The minimum Gasteiger partial charge on any atom is -0.394 e. The van der Waals surface area contributed by atoms with Crippen LogP contribution < -0.4 is 27.6 Å². The van der Waals surface area contributed by atoms with Crippen molar-refractivity contribution in [2.75, 3.05) is 26.1 Å². The standard InChI is InChI=1S/C28H35N8O11P/c1-14-10-35(28(41)34-24(14)39)19-8-16(17(11-37)45-19)47-48(42,31-9-15-6-4-3-5-7-15)44-12-18-21(38)22(43-2)26(46-18)36-13-30-20-23(36)32-27(29)33-25(20)40/h3-7,10,13,16-19,21-22,26,37-38H,8-9,11-12H2,1-2H3,(H,31,42)(H,34,39,41)(H3,29,32,33,40)/t16?,17-,18-,19-,21?,22+,26-,48?/m1/s1. The molecule has 7 N–H and O–H groups in total. The number of anilines is 1. The van der Waals surface area contributed by atoms with E-state index in [1.807, 2.05) is 6.07 Å². The average Bonchev–Trinajstić information content (AvgIpc) is 3.76. The van der Waals surface area contributed by atoms with E-state index in [0.29, 0.717) is 0 Å². The molecule has 2 saturated heterocycles. The molecular formula is C28H35N8O11P. The van der Waals surface area contributed by atoms with Gasteiger partial charge in [0.1, 0.15) is 36.7 Å². The molecule has 0 bridgehead atoms. The number of nitrogens with two attached hydrogens (primary N) is 1. The van der Waals surface area contributed by atoms with Gasteiger partial charge in [0.2, 0.25) is 5.95 Å². The second-order valence-electron chi connectivity index (χ2n) is 11.3. The van der Waals surface area contributed by atoms with Gasteiger partial charge >= 0.3 is 13.4 Å². The molecule has 19 nitrogen and oxygen atoms in total. The van der Waals surface area contributed by atoms with Crippen molar-refractivity contribution in [3.05, 3.63) is 85.2 Å². The molecule has 0 radical (unpaired) electrons. The lowest BCUT2D eigenvalue weighted by Crippen LogP contribution is -2.36. The summed E-state index contributed by atoms with van der Waals surface area (Å²) >= 11 is 0. The van der Waals surface area contributed by atoms with Crippen LogP contribution in [-0.2, 0) is 34.4 Å². The summed E-state index contributed by atoms with van der Waals surface area (Å²) < 4.78 is 46.2. The third kappa shape index (κ3) is 6.77. The number of imidazole rings is 1. The first-order chi connectivity index (χ1) is 23.0. The van der Waals surface area contributed by atoms with Crippen LogP contribution in [-0.4, -0.2) is 90.1 Å². The highest BCUT2D eigenvalue weighted by molar-refractivity contribution is 7.51. The van der Waals surface area contributed by atoms with Crippen LogP contribution in [0.2, 0.25) is 0 Å². The minimum atomic E-state index is -4.28. The van der Waals surface area contributed by atoms with Gasteiger partial charge in [-0.1, -0.05) is 30.3 Å². The van der Waals surface area contributed by atoms with Crippen LogP contribution in [0.25, 0.3) is 11.2 Å². The third-order valence-electron chi connectivity index (χ3n) is 8.13. The fourth-order valence-electron chi connectivity index (χ4n) is 5.66. The molecule has 48 heavy (non-hydrogen) atoms. The second-order valence-corrected chi connectivity index (χ2v) is 13.1. The maximum Gasteiger partial charge on any atom is 0.406 e. The van der Waals surface area contributed by atoms with Gasteiger partial charge in [0.05, 0.1) is 19.5 Å². The highest BCUT2D eigenvalue weighted by Crippen LogP contribution is 2.49. The Balaban J connectivity index is 1.22. The van der Waals surface area contributed by atoms with Gasteiger partial charge < -0.3 is 30.2 Å². The monoisotopic (exact) mass is 690 g/mol. The SMILES string of the molecule is CO[C@H]1C(O)[C@@H](COP(=O)(NCc2ccccc2)OC2C[C@H](n3cc(C)c(=O)[nH]c3=O)O[C@@H]2CO)O[C@H]1n1cnc2c(=O)[nH]c(N)nc21. The molecule has 1 aromatic carbocycles. The zero-order valence-corrected chi connectivity index (χ0v) is 26.7. The van der Waals surface area contributed by atoms with Gasteiger partial charge in [-0.2, -0.15) is 4.98 Å². The zero-order valence-electron chi connectivity index (χ0n) is 25.8. The lowest BCUT2D eigenvalue weighted by Gasteiger charge is -2.26. The van der Waals surface area contributed by atoms with Crippen molar-refractivity contribution in [2.24, 2.45) is 0 Å². The Kier molecular flexibility index (Phi) is 9.75. The number of nitrogens with zero attached hydrogens (tertiary/aromatic N) is 4. The van der Waals surface area contributed by atoms with Crippen LogP contribution in [0.3, 0.4) is 0 Å². The van der Waals surface area contributed by atoms with Crippen LogP contribution in [0, 0.1) is 6.92 Å². The van der Waals surface area contributed by atoms with Gasteiger partial charge in [-0.05, 0) is 12.5 Å². The number of hydrogen-bond donors (Lipinski definition) is 6. The summed E-state index contributed by atoms with van der Waals surface area (Å²) in [5.41, 5.74) is 5.00. The first kappa shape index (κ1) is 33.8. The maximum atomic E-state index is 14.3. The highest BCUT2D eigenvalue weighted by Gasteiger charge is 2.48. The number of rotatable bonds is 12. The molecule has 0 saturated carbocycles. The number of benzene rings is 1. The largest absolute Gasteiger partial charge is 0.406 e. The van der Waals surface area contributed by atoms with Crippen LogP contribution in [0.1, 0.15) is 30.0 Å². The Bertz CT molecular complexity index is 1980. The molecule has 4 aromatic rings. The van der Waals surface area contributed by atoms with Crippen molar-refractivity contribution in [3.8, 4) is 0 Å². The summed E-state index contributed by atoms with van der Waals surface area (Å²) in [7, 11) is -2.92. The van der Waals surface area contributed by atoms with Crippen LogP contribution in [0.5, 0.6) is 0 Å². The van der Waals surface area contributed by atoms with Crippen molar-refractivity contribution in [1.29, 1.82) is 0 Å². The number of aromatic amines is 2. The topological polar surface area (TPSA) is 260 Å². The maximum absolute atomic E-state index is 14.3. The van der Waals surface area contributed by atoms with E-state index in [2.05, 4.69) is 25.0 Å². The van der Waals surface area contributed by atoms with E-state index in [9.17, 15) is 29.2 Å². The first-order valence-corrected chi connectivity index (χ1v) is 16.4. The molecule has 0 amide bonds. The summed E-state index contributed by atoms with van der Waals surface area (Å²) in [5, 5.41) is 24.1. The second kappa shape index (κ2) is 13.8. The van der Waals surface area contributed by atoms with Crippen molar-refractivity contribution in [3.63, 3.8) is 0 Å². The summed E-state index contributed by atoms with van der Waals surface area (Å²) in [4.78, 5) is 49.5. The molecule has 2 aliphatic heterocycles. The number of H-pyrrole nitrogens is 2. The van der Waals surface area contributed by atoms with E-state index in [4.69, 9.17) is 29.0 Å². The van der Waals surface area contributed by atoms with Crippen molar-refractivity contribution >= 4 is 24.9 Å². The van der Waals surface area contributed by atoms with Crippen molar-refractivity contribution in [1.82, 2.24) is 34.2 Å². The quantitative estimate of drug-likeness (QED) is 0.102. The molecule has 2 fully saturated rings. The molecule has 5 heterocycles. The predicted octanol–water partition coefficient (Wildman–Crippen LogP) is -0.587. The number of ether oxygens (including phenoxy) is 3. The van der Waals surface area contributed by atoms with Crippen molar-refractivity contribution in [2.45, 2.75) is 62.9 Å². The Hall–Kier alpha value is -4.04. The molecule has 6 rings (SSSR count). The Morgan fingerprint density at radius 3 is 2.62 bits per heavy atom. The third-order valence-corrected chi connectivity index (χ3v) is 9.71. The number of aromatic nitrogens is 6. The van der Waals surface area contributed by atoms with E-state index < -0.39 is 80.7 Å². The van der Waals surface area contributed by atoms with Gasteiger partial charge in [0.25, 0.3) is 11.1 Å². The summed E-state index contributed by atoms with van der Waals surface area (Å²) in [6, 6.07) is 9.02. The number of methoxy groups -OCH3 is 1. The molecule has 8 atom stereocenters. The number of aliphatic hydroxyl groups is 2. The molecule has 2 aliphatic rings. The van der Waals surface area contributed by atoms with Gasteiger partial charge in [0.15, 0.2) is 17.4 Å². The van der Waals surface area contributed by atoms with Crippen LogP contribution in [0.15, 0.2) is 57.2 Å². The molecule has 0 aliphatic carbocycles. The van der Waals surface area contributed by atoms with Crippen LogP contribution in [0.4, 0.5) is 5.95 Å². The highest BCUT2D eigenvalue weighted by atomic mass is 31.2. The lowest BCUT2D eigenvalue weighted by molar-refractivity contribution is -0.0600. The van der Waals surface area contributed by atoms with E-state index in [0.717, 1.165) is 10.1 Å². The van der Waals surface area contributed by atoms with Crippen molar-refractivity contribution < 1.29 is 38.0 Å². The zero-order chi connectivity index (χ0) is 34.2. The predicted molar refractivity (Wildman–Crippen MR) is 167 cm³/mol. The summed E-state index contributed by atoms with van der Waals surface area (Å²) in [6.45, 7) is 0.574. The molecule has 3 aromatic heterocycles. The fraction of sp³-hybridized carbons (Fsp3) is 0.464. The Labute approximate surface area is 271 Å². The smallest absolute Gasteiger partial charge is 0.394 e. The number of nitrogens with one attached hydrogen (secondary N) is 3. The number of fused-ring (bicyclic) bond motifs is 1. The van der Waals surface area contributed by atoms with Gasteiger partial charge in [0, 0.05) is 31.8 Å². The van der Waals surface area contributed by atoms with Gasteiger partial charge in [-0.25, -0.2) is 19.4 Å². The van der Waals surface area contributed by atoms with E-state index in [1.54, 1.807) is 24.3 Å². The Morgan fingerprint density at radius 2 is 1.90 bits per heavy atom. The molecule has 20 heteroatoms. The molecule has 3 unspecified atom stereocenters. The summed E-state index contributed by atoms with van der Waals surface area (Å²) in [5.74, 6) is -0.149. The molecule has 0 spiro atoms.